The quantitative estimate of drug-likeness (QED) is 0.199. The van der Waals surface area contributed by atoms with Crippen molar-refractivity contribution in [3.05, 3.63) is 65.1 Å². The molecule has 4 rings (SSSR count). The average molecular weight is 523 g/mol. The number of nitrogens with zero attached hydrogens (tertiary/aromatic N) is 1. The number of halogens is 2. The number of anilines is 2. The highest BCUT2D eigenvalue weighted by molar-refractivity contribution is 9.10. The van der Waals surface area contributed by atoms with Crippen molar-refractivity contribution in [1.82, 2.24) is 0 Å². The highest BCUT2D eigenvalue weighted by Gasteiger charge is 2.29. The second-order valence-electron chi connectivity index (χ2n) is 6.24. The molecule has 0 N–H and O–H groups in total. The zero-order valence-electron chi connectivity index (χ0n) is 15.9. The van der Waals surface area contributed by atoms with Crippen LogP contribution in [0.25, 0.3) is 0 Å². The molecule has 0 aliphatic carbocycles. The van der Waals surface area contributed by atoms with Crippen LogP contribution in [0.1, 0.15) is 0 Å². The van der Waals surface area contributed by atoms with Crippen LogP contribution in [0.15, 0.2) is 79.8 Å². The van der Waals surface area contributed by atoms with Gasteiger partial charge in [-0.05, 0) is 40.2 Å². The van der Waals surface area contributed by atoms with Gasteiger partial charge in [0.05, 0.1) is 18.5 Å². The van der Waals surface area contributed by atoms with E-state index < -0.39 is 0 Å². The topological polar surface area (TPSA) is 38.8 Å². The Balaban J connectivity index is 1.66. The third kappa shape index (κ3) is 4.30. The summed E-state index contributed by atoms with van der Waals surface area (Å²) in [7, 11) is 1.61. The first-order valence-corrected chi connectivity index (χ1v) is 12.1. The molecule has 3 aromatic rings. The van der Waals surface area contributed by atoms with E-state index in [1.807, 2.05) is 60.7 Å². The molecule has 30 heavy (non-hydrogen) atoms. The molecule has 1 aliphatic heterocycles. The van der Waals surface area contributed by atoms with Gasteiger partial charge in [-0.15, -0.1) is 11.6 Å². The van der Waals surface area contributed by atoms with Gasteiger partial charge in [-0.25, -0.2) is 0 Å². The number of thioether (sulfide) groups is 1. The summed E-state index contributed by atoms with van der Waals surface area (Å²) in [5, 5.41) is 0. The molecule has 1 aliphatic rings. The van der Waals surface area contributed by atoms with Crippen LogP contribution in [0.5, 0.6) is 11.5 Å². The minimum absolute atomic E-state index is 0.113. The lowest BCUT2D eigenvalue weighted by Crippen LogP contribution is -2.29. The molecule has 4 nitrogen and oxygen atoms in total. The molecule has 0 radical (unpaired) electrons. The maximum Gasteiger partial charge on any atom is 0.246 e. The van der Waals surface area contributed by atoms with Gasteiger partial charge in [0.25, 0.3) is 0 Å². The summed E-state index contributed by atoms with van der Waals surface area (Å²) in [5.74, 6) is 1.28. The van der Waals surface area contributed by atoms with Gasteiger partial charge in [0, 0.05) is 31.3 Å². The lowest BCUT2D eigenvalue weighted by molar-refractivity contribution is -0.115. The van der Waals surface area contributed by atoms with Gasteiger partial charge < -0.3 is 9.47 Å². The molecule has 154 valence electrons. The fraction of sp³-hybridized carbons (Fsp3) is 0.136. The normalized spacial score (nSPS) is 12.2. The lowest BCUT2D eigenvalue weighted by Gasteiger charge is -2.31. The van der Waals surface area contributed by atoms with Gasteiger partial charge >= 0.3 is 0 Å². The van der Waals surface area contributed by atoms with Gasteiger partial charge in [0.15, 0.2) is 11.5 Å². The summed E-state index contributed by atoms with van der Waals surface area (Å²) in [6, 6.07) is 19.5. The van der Waals surface area contributed by atoms with E-state index in [1.165, 1.54) is 0 Å². The van der Waals surface area contributed by atoms with E-state index in [1.54, 1.807) is 35.5 Å². The lowest BCUT2D eigenvalue weighted by atomic mass is 10.2. The van der Waals surface area contributed by atoms with Crippen LogP contribution in [0, 0.1) is 0 Å². The summed E-state index contributed by atoms with van der Waals surface area (Å²) in [6.07, 6.45) is 0. The second kappa shape index (κ2) is 9.56. The van der Waals surface area contributed by atoms with E-state index in [9.17, 15) is 4.79 Å². The zero-order valence-corrected chi connectivity index (χ0v) is 19.9. The number of methoxy groups -OCH3 is 1. The maximum absolute atomic E-state index is 12.7. The highest BCUT2D eigenvalue weighted by Crippen LogP contribution is 2.51. The van der Waals surface area contributed by atoms with Crippen molar-refractivity contribution in [1.29, 1.82) is 0 Å². The second-order valence-corrected chi connectivity index (χ2v) is 9.41. The minimum Gasteiger partial charge on any atom is -0.493 e. The summed E-state index contributed by atoms with van der Waals surface area (Å²) in [5.41, 5.74) is 1.56. The van der Waals surface area contributed by atoms with E-state index in [0.717, 1.165) is 30.5 Å². The predicted molar refractivity (Wildman–Crippen MR) is 127 cm³/mol. The summed E-state index contributed by atoms with van der Waals surface area (Å²) >= 11 is 12.6. The Labute approximate surface area is 197 Å². The van der Waals surface area contributed by atoms with Gasteiger partial charge in [0.2, 0.25) is 5.91 Å². The van der Waals surface area contributed by atoms with Gasteiger partial charge in [0.1, 0.15) is 11.8 Å². The van der Waals surface area contributed by atoms with E-state index >= 15 is 0 Å². The number of ether oxygens (including phenoxy) is 2. The third-order valence-electron chi connectivity index (χ3n) is 4.44. The molecule has 0 saturated carbocycles. The number of amides is 1. The van der Waals surface area contributed by atoms with E-state index in [0.29, 0.717) is 17.4 Å². The van der Waals surface area contributed by atoms with E-state index in [2.05, 4.69) is 15.9 Å². The van der Waals surface area contributed by atoms with Gasteiger partial charge in [-0.2, -0.15) is 0 Å². The SMILES string of the molecule is COc1cc2c(cc1OCSc1ccccc1Br)N(C(=O)CCl)c1ccccc1S2. The van der Waals surface area contributed by atoms with Crippen molar-refractivity contribution in [2.75, 3.05) is 23.8 Å². The van der Waals surface area contributed by atoms with Crippen molar-refractivity contribution >= 4 is 68.3 Å². The number of hydrogen-bond donors (Lipinski definition) is 0. The Hall–Kier alpha value is -1.80. The molecule has 1 amide bonds. The maximum atomic E-state index is 12.7. The Kier molecular flexibility index (Phi) is 6.83. The molecular weight excluding hydrogens is 506 g/mol. The van der Waals surface area contributed by atoms with E-state index in [-0.39, 0.29) is 11.8 Å². The number of hydrogen-bond acceptors (Lipinski definition) is 5. The predicted octanol–water partition coefficient (Wildman–Crippen LogP) is 6.95. The van der Waals surface area contributed by atoms with Crippen LogP contribution in [0.2, 0.25) is 0 Å². The zero-order chi connectivity index (χ0) is 21.1. The number of rotatable bonds is 6. The van der Waals surface area contributed by atoms with Gasteiger partial charge in [-0.1, -0.05) is 47.8 Å². The Morgan fingerprint density at radius 1 is 1.07 bits per heavy atom. The minimum atomic E-state index is -0.190. The molecule has 8 heteroatoms. The Morgan fingerprint density at radius 3 is 2.60 bits per heavy atom. The average Bonchev–Trinajstić information content (AvgIpc) is 2.77. The molecular formula is C22H17BrClNO3S2. The standard InChI is InChI=1S/C22H17BrClNO3S2/c1-27-17-11-21-16(10-18(17)28-13-29-19-8-4-2-6-14(19)23)25(22(26)12-24)15-7-3-5-9-20(15)30-21/h2-11H,12-13H2,1H3. The fourth-order valence-electron chi connectivity index (χ4n) is 3.08. The van der Waals surface area contributed by atoms with E-state index in [4.69, 9.17) is 21.1 Å². The smallest absolute Gasteiger partial charge is 0.246 e. The summed E-state index contributed by atoms with van der Waals surface area (Å²) in [6.45, 7) is 0. The molecule has 3 aromatic carbocycles. The molecule has 0 unspecified atom stereocenters. The fourth-order valence-corrected chi connectivity index (χ4v) is 5.59. The number of benzene rings is 3. The molecule has 0 bridgehead atoms. The first-order valence-electron chi connectivity index (χ1n) is 9.00. The van der Waals surface area contributed by atoms with Crippen molar-refractivity contribution in [2.45, 2.75) is 14.7 Å². The van der Waals surface area contributed by atoms with Crippen LogP contribution in [0.3, 0.4) is 0 Å². The number of para-hydroxylation sites is 1. The molecule has 1 heterocycles. The number of alkyl halides is 1. The van der Waals surface area contributed by atoms with Crippen LogP contribution < -0.4 is 14.4 Å². The molecule has 0 saturated heterocycles. The molecule has 0 aromatic heterocycles. The largest absolute Gasteiger partial charge is 0.493 e. The monoisotopic (exact) mass is 521 g/mol. The number of carbonyl (C=O) groups excluding carboxylic acids is 1. The van der Waals surface area contributed by atoms with Crippen molar-refractivity contribution in [3.63, 3.8) is 0 Å². The molecule has 0 atom stereocenters. The van der Waals surface area contributed by atoms with Crippen molar-refractivity contribution in [3.8, 4) is 11.5 Å². The van der Waals surface area contributed by atoms with Crippen LogP contribution >= 0.6 is 51.1 Å². The van der Waals surface area contributed by atoms with Crippen molar-refractivity contribution in [2.24, 2.45) is 0 Å². The number of fused-ring (bicyclic) bond motifs is 2. The first kappa shape index (κ1) is 21.4. The first-order chi connectivity index (χ1) is 14.6. The molecule has 0 fully saturated rings. The molecule has 0 spiro atoms. The summed E-state index contributed by atoms with van der Waals surface area (Å²) in [4.78, 5) is 17.3. The van der Waals surface area contributed by atoms with Crippen LogP contribution in [-0.2, 0) is 4.79 Å². The Bertz CT molecular complexity index is 1100. The van der Waals surface area contributed by atoms with Crippen LogP contribution in [0.4, 0.5) is 11.4 Å². The van der Waals surface area contributed by atoms with Gasteiger partial charge in [-0.3, -0.25) is 9.69 Å². The highest BCUT2D eigenvalue weighted by atomic mass is 79.9. The number of carbonyl (C=O) groups is 1. The van der Waals surface area contributed by atoms with Crippen molar-refractivity contribution < 1.29 is 14.3 Å². The van der Waals surface area contributed by atoms with Crippen LogP contribution in [-0.4, -0.2) is 24.8 Å². The Morgan fingerprint density at radius 2 is 1.83 bits per heavy atom. The summed E-state index contributed by atoms with van der Waals surface area (Å²) < 4.78 is 12.6. The third-order valence-corrected chi connectivity index (χ3v) is 7.64.